The number of benzene rings is 1. The smallest absolute Gasteiger partial charge is 0.440 e. The van der Waals surface area contributed by atoms with E-state index in [1.54, 1.807) is 0 Å². The van der Waals surface area contributed by atoms with Crippen LogP contribution in [-0.4, -0.2) is 34.6 Å². The van der Waals surface area contributed by atoms with Crippen molar-refractivity contribution in [3.63, 3.8) is 0 Å². The number of rotatable bonds is 0. The maximum atomic E-state index is 13.2. The molecule has 1 saturated heterocycles. The van der Waals surface area contributed by atoms with Crippen molar-refractivity contribution in [3.05, 3.63) is 29.2 Å². The number of likely N-dealkylation sites (tertiary alicyclic amines) is 1. The van der Waals surface area contributed by atoms with E-state index in [2.05, 4.69) is 11.9 Å². The molecule has 7 heteroatoms. The van der Waals surface area contributed by atoms with E-state index in [0.29, 0.717) is 24.3 Å². The number of hydrogen-bond donors (Lipinski definition) is 0. The highest BCUT2D eigenvalue weighted by Gasteiger charge is 2.59. The summed E-state index contributed by atoms with van der Waals surface area (Å²) in [5.74, 6) is -1.10. The number of piperidine rings is 1. The lowest BCUT2D eigenvalue weighted by molar-refractivity contribution is -0.195. The second kappa shape index (κ2) is 5.76. The molecule has 1 aliphatic heterocycles. The number of carbonyl (C=O) groups excluding carboxylic acids is 1. The van der Waals surface area contributed by atoms with Gasteiger partial charge in [-0.2, -0.15) is 13.2 Å². The Morgan fingerprint density at radius 1 is 1.21 bits per heavy atom. The predicted octanol–water partition coefficient (Wildman–Crippen LogP) is 5.13. The van der Waals surface area contributed by atoms with E-state index in [1.807, 2.05) is 46.8 Å². The van der Waals surface area contributed by atoms with Gasteiger partial charge in [0.05, 0.1) is 0 Å². The zero-order valence-electron chi connectivity index (χ0n) is 17.7. The number of aromatic nitrogens is 1. The molecule has 0 N–H and O–H groups in total. The topological polar surface area (TPSA) is 46.3 Å². The Morgan fingerprint density at radius 2 is 1.86 bits per heavy atom. The van der Waals surface area contributed by atoms with Crippen molar-refractivity contribution < 1.29 is 22.4 Å². The molecule has 0 saturated carbocycles. The number of hydrogen-bond acceptors (Lipinski definition) is 3. The molecule has 1 aliphatic carbocycles. The normalized spacial score (nSPS) is 26.5. The first-order valence-corrected chi connectivity index (χ1v) is 9.98. The molecule has 0 radical (unpaired) electrons. The van der Waals surface area contributed by atoms with Crippen LogP contribution in [0.2, 0.25) is 0 Å². The van der Waals surface area contributed by atoms with Crippen molar-refractivity contribution in [2.75, 3.05) is 6.54 Å². The molecule has 2 aliphatic rings. The van der Waals surface area contributed by atoms with Crippen molar-refractivity contribution in [3.8, 4) is 0 Å². The molecule has 2 heterocycles. The molecule has 4 rings (SSSR count). The molecule has 1 aromatic carbocycles. The van der Waals surface area contributed by atoms with E-state index in [1.165, 1.54) is 0 Å². The van der Waals surface area contributed by atoms with Crippen LogP contribution in [0.5, 0.6) is 0 Å². The summed E-state index contributed by atoms with van der Waals surface area (Å²) in [5, 5.41) is 0. The third-order valence-electron chi connectivity index (χ3n) is 7.25. The van der Waals surface area contributed by atoms with Crippen LogP contribution in [0.4, 0.5) is 13.2 Å². The number of alkyl halides is 3. The lowest BCUT2D eigenvalue weighted by Gasteiger charge is -2.60. The Bertz CT molecular complexity index is 1000. The Labute approximate surface area is 168 Å². The largest absolute Gasteiger partial charge is 0.471 e. The van der Waals surface area contributed by atoms with Gasteiger partial charge < -0.3 is 9.32 Å². The van der Waals surface area contributed by atoms with Crippen molar-refractivity contribution in [2.24, 2.45) is 5.41 Å². The maximum Gasteiger partial charge on any atom is 0.471 e. The molecule has 2 atom stereocenters. The Balaban J connectivity index is 1.86. The summed E-state index contributed by atoms with van der Waals surface area (Å²) < 4.78 is 45.6. The number of amides is 1. The SMILES string of the molecule is CC(C)(C)c1nc2cc3c(cc2o1)C[C@H]1N(C(=O)C(F)(F)F)CCC3(C)C1(C)C. The highest BCUT2D eigenvalue weighted by atomic mass is 19.4. The summed E-state index contributed by atoms with van der Waals surface area (Å²) in [6.45, 7) is 12.2. The summed E-state index contributed by atoms with van der Waals surface area (Å²) in [6, 6.07) is 3.43. The number of oxazole rings is 1. The third-order valence-corrected chi connectivity index (χ3v) is 7.25. The minimum Gasteiger partial charge on any atom is -0.440 e. The lowest BCUT2D eigenvalue weighted by atomic mass is 9.51. The van der Waals surface area contributed by atoms with Crippen LogP contribution >= 0.6 is 0 Å². The minimum atomic E-state index is -4.86. The standard InChI is InChI=1S/C22H27F3N2O2/c1-19(2,3)17-26-14-11-13-12(9-15(14)29-17)10-16-20(4,5)21(13,6)7-8-27(16)18(28)22(23,24)25/h9,11,16H,7-8,10H2,1-6H3/t16-,21?/m1/s1. The summed E-state index contributed by atoms with van der Waals surface area (Å²) >= 11 is 0. The molecule has 29 heavy (non-hydrogen) atoms. The Morgan fingerprint density at radius 3 is 2.45 bits per heavy atom. The molecular weight excluding hydrogens is 381 g/mol. The minimum absolute atomic E-state index is 0.104. The van der Waals surface area contributed by atoms with E-state index in [-0.39, 0.29) is 17.4 Å². The van der Waals surface area contributed by atoms with Crippen LogP contribution in [0.3, 0.4) is 0 Å². The van der Waals surface area contributed by atoms with Crippen molar-refractivity contribution in [1.29, 1.82) is 0 Å². The number of fused-ring (bicyclic) bond motifs is 5. The molecule has 2 aromatic rings. The average molecular weight is 408 g/mol. The van der Waals surface area contributed by atoms with Gasteiger partial charge in [0, 0.05) is 23.4 Å². The van der Waals surface area contributed by atoms with Gasteiger partial charge in [-0.1, -0.05) is 41.5 Å². The van der Waals surface area contributed by atoms with Gasteiger partial charge in [0.15, 0.2) is 5.58 Å². The van der Waals surface area contributed by atoms with Gasteiger partial charge in [0.1, 0.15) is 5.52 Å². The van der Waals surface area contributed by atoms with Crippen molar-refractivity contribution >= 4 is 17.0 Å². The number of carbonyl (C=O) groups is 1. The van der Waals surface area contributed by atoms with Crippen LogP contribution in [0.15, 0.2) is 16.5 Å². The van der Waals surface area contributed by atoms with Gasteiger partial charge in [-0.3, -0.25) is 4.79 Å². The fraction of sp³-hybridized carbons (Fsp3) is 0.636. The number of halogens is 3. The van der Waals surface area contributed by atoms with E-state index in [9.17, 15) is 18.0 Å². The van der Waals surface area contributed by atoms with Crippen molar-refractivity contribution in [2.45, 2.75) is 77.4 Å². The third kappa shape index (κ3) is 2.80. The molecule has 2 bridgehead atoms. The van der Waals surface area contributed by atoms with E-state index in [4.69, 9.17) is 4.42 Å². The fourth-order valence-corrected chi connectivity index (χ4v) is 5.06. The van der Waals surface area contributed by atoms with Gasteiger partial charge in [0.2, 0.25) is 5.89 Å². The average Bonchev–Trinajstić information content (AvgIpc) is 2.99. The molecule has 0 spiro atoms. The first kappa shape index (κ1) is 20.2. The second-order valence-corrected chi connectivity index (χ2v) is 10.3. The zero-order valence-corrected chi connectivity index (χ0v) is 17.7. The maximum absolute atomic E-state index is 13.2. The van der Waals surface area contributed by atoms with E-state index in [0.717, 1.165) is 21.5 Å². The van der Waals surface area contributed by atoms with Crippen LogP contribution in [0.25, 0.3) is 11.1 Å². The summed E-state index contributed by atoms with van der Waals surface area (Å²) in [6.07, 6.45) is -4.01. The van der Waals surface area contributed by atoms with E-state index < -0.39 is 23.5 Å². The van der Waals surface area contributed by atoms with Crippen LogP contribution in [-0.2, 0) is 22.0 Å². The lowest BCUT2D eigenvalue weighted by Crippen LogP contribution is -2.66. The zero-order chi connectivity index (χ0) is 21.6. The highest BCUT2D eigenvalue weighted by Crippen LogP contribution is 2.57. The fourth-order valence-electron chi connectivity index (χ4n) is 5.06. The van der Waals surface area contributed by atoms with Gasteiger partial charge in [-0.25, -0.2) is 4.98 Å². The predicted molar refractivity (Wildman–Crippen MR) is 104 cm³/mol. The molecular formula is C22H27F3N2O2. The molecule has 4 nitrogen and oxygen atoms in total. The summed E-state index contributed by atoms with van der Waals surface area (Å²) in [5.41, 5.74) is 2.36. The van der Waals surface area contributed by atoms with Gasteiger partial charge in [-0.05, 0) is 41.5 Å². The highest BCUT2D eigenvalue weighted by molar-refractivity contribution is 5.83. The first-order chi connectivity index (χ1) is 13.2. The summed E-state index contributed by atoms with van der Waals surface area (Å²) in [4.78, 5) is 17.8. The monoisotopic (exact) mass is 408 g/mol. The van der Waals surface area contributed by atoms with Gasteiger partial charge in [0.25, 0.3) is 0 Å². The molecule has 1 fully saturated rings. The second-order valence-electron chi connectivity index (χ2n) is 10.3. The Hall–Kier alpha value is -2.05. The quantitative estimate of drug-likeness (QED) is 0.607. The van der Waals surface area contributed by atoms with Crippen LogP contribution < -0.4 is 0 Å². The first-order valence-electron chi connectivity index (χ1n) is 9.98. The van der Waals surface area contributed by atoms with Gasteiger partial charge >= 0.3 is 12.1 Å². The molecule has 1 amide bonds. The Kier molecular flexibility index (Phi) is 4.02. The van der Waals surface area contributed by atoms with E-state index >= 15 is 0 Å². The summed E-state index contributed by atoms with van der Waals surface area (Å²) in [7, 11) is 0. The molecule has 1 aromatic heterocycles. The van der Waals surface area contributed by atoms with Crippen molar-refractivity contribution in [1.82, 2.24) is 9.88 Å². The molecule has 1 unspecified atom stereocenters. The van der Waals surface area contributed by atoms with Crippen LogP contribution in [0, 0.1) is 5.41 Å². The van der Waals surface area contributed by atoms with Gasteiger partial charge in [-0.15, -0.1) is 0 Å². The molecule has 158 valence electrons. The number of nitrogens with zero attached hydrogens (tertiary/aromatic N) is 2. The van der Waals surface area contributed by atoms with Crippen LogP contribution in [0.1, 0.15) is 65.0 Å².